The van der Waals surface area contributed by atoms with Gasteiger partial charge in [0, 0.05) is 37.6 Å². The van der Waals surface area contributed by atoms with Crippen LogP contribution in [0.4, 0.5) is 5.82 Å². The van der Waals surface area contributed by atoms with Gasteiger partial charge in [0.1, 0.15) is 6.04 Å². The second-order valence-corrected chi connectivity index (χ2v) is 6.12. The third-order valence-corrected chi connectivity index (χ3v) is 4.43. The van der Waals surface area contributed by atoms with Crippen LogP contribution in [0.3, 0.4) is 0 Å². The van der Waals surface area contributed by atoms with Crippen LogP contribution in [0.25, 0.3) is 11.3 Å². The van der Waals surface area contributed by atoms with Crippen LogP contribution in [0.5, 0.6) is 0 Å². The number of aryl methyl sites for hydroxylation is 1. The standard InChI is InChI=1S/C19H20N6/c1-14-12-16(15-6-3-2-4-7-15)23-24-19(14)25-11-10-20-13-17(25)18-21-8-5-9-22-18/h2-9,12,17,20H,10-11,13H2,1H3. The number of piperazine rings is 1. The number of nitrogens with one attached hydrogen (secondary N) is 1. The summed E-state index contributed by atoms with van der Waals surface area (Å²) in [6, 6.07) is 14.1. The maximum atomic E-state index is 4.55. The maximum absolute atomic E-state index is 4.55. The van der Waals surface area contributed by atoms with Gasteiger partial charge in [-0.1, -0.05) is 30.3 Å². The Morgan fingerprint density at radius 3 is 2.60 bits per heavy atom. The molecule has 0 bridgehead atoms. The molecule has 0 aliphatic carbocycles. The van der Waals surface area contributed by atoms with Crippen molar-refractivity contribution >= 4 is 5.82 Å². The topological polar surface area (TPSA) is 66.8 Å². The molecule has 1 saturated heterocycles. The molecule has 1 fully saturated rings. The third kappa shape index (κ3) is 3.21. The minimum Gasteiger partial charge on any atom is -0.342 e. The molecule has 1 atom stereocenters. The van der Waals surface area contributed by atoms with E-state index in [1.54, 1.807) is 12.4 Å². The van der Waals surface area contributed by atoms with Crippen molar-refractivity contribution in [1.82, 2.24) is 25.5 Å². The number of anilines is 1. The van der Waals surface area contributed by atoms with Crippen molar-refractivity contribution in [3.63, 3.8) is 0 Å². The van der Waals surface area contributed by atoms with E-state index in [2.05, 4.69) is 55.5 Å². The molecule has 1 aliphatic rings. The average molecular weight is 332 g/mol. The van der Waals surface area contributed by atoms with E-state index in [4.69, 9.17) is 0 Å². The van der Waals surface area contributed by atoms with Gasteiger partial charge in [-0.15, -0.1) is 10.2 Å². The Morgan fingerprint density at radius 2 is 1.84 bits per heavy atom. The zero-order valence-corrected chi connectivity index (χ0v) is 14.1. The fraction of sp³-hybridized carbons (Fsp3) is 0.263. The van der Waals surface area contributed by atoms with Crippen molar-refractivity contribution in [3.05, 3.63) is 66.2 Å². The first-order valence-electron chi connectivity index (χ1n) is 8.47. The van der Waals surface area contributed by atoms with E-state index in [1.165, 1.54) is 0 Å². The third-order valence-electron chi connectivity index (χ3n) is 4.43. The lowest BCUT2D eigenvalue weighted by Crippen LogP contribution is -2.47. The van der Waals surface area contributed by atoms with Gasteiger partial charge in [-0.05, 0) is 24.6 Å². The Bertz CT molecular complexity index is 837. The van der Waals surface area contributed by atoms with E-state index < -0.39 is 0 Å². The van der Waals surface area contributed by atoms with E-state index in [-0.39, 0.29) is 6.04 Å². The quantitative estimate of drug-likeness (QED) is 0.794. The molecule has 25 heavy (non-hydrogen) atoms. The zero-order valence-electron chi connectivity index (χ0n) is 14.1. The Kier molecular flexibility index (Phi) is 4.35. The molecule has 1 aromatic carbocycles. The summed E-state index contributed by atoms with van der Waals surface area (Å²) in [5, 5.41) is 12.4. The summed E-state index contributed by atoms with van der Waals surface area (Å²) >= 11 is 0. The molecule has 1 N–H and O–H groups in total. The number of nitrogens with zero attached hydrogens (tertiary/aromatic N) is 5. The van der Waals surface area contributed by atoms with E-state index in [0.717, 1.165) is 48.1 Å². The van der Waals surface area contributed by atoms with Crippen LogP contribution in [0.15, 0.2) is 54.9 Å². The second kappa shape index (κ2) is 6.94. The van der Waals surface area contributed by atoms with E-state index in [0.29, 0.717) is 0 Å². The fourth-order valence-corrected chi connectivity index (χ4v) is 3.18. The molecule has 4 rings (SSSR count). The zero-order chi connectivity index (χ0) is 17.1. The van der Waals surface area contributed by atoms with Crippen molar-refractivity contribution in [2.75, 3.05) is 24.5 Å². The molecule has 3 heterocycles. The fourth-order valence-electron chi connectivity index (χ4n) is 3.18. The van der Waals surface area contributed by atoms with Gasteiger partial charge < -0.3 is 10.2 Å². The average Bonchev–Trinajstić information content (AvgIpc) is 2.69. The molecule has 2 aromatic heterocycles. The van der Waals surface area contributed by atoms with Gasteiger partial charge in [0.05, 0.1) is 5.69 Å². The molecule has 6 nitrogen and oxygen atoms in total. The molecular weight excluding hydrogens is 312 g/mol. The van der Waals surface area contributed by atoms with Crippen LogP contribution >= 0.6 is 0 Å². The Morgan fingerprint density at radius 1 is 1.04 bits per heavy atom. The minimum absolute atomic E-state index is 0.0607. The number of rotatable bonds is 3. The second-order valence-electron chi connectivity index (χ2n) is 6.12. The van der Waals surface area contributed by atoms with Crippen LogP contribution < -0.4 is 10.2 Å². The normalized spacial score (nSPS) is 17.5. The van der Waals surface area contributed by atoms with Gasteiger partial charge in [-0.3, -0.25) is 0 Å². The highest BCUT2D eigenvalue weighted by Crippen LogP contribution is 2.28. The predicted octanol–water partition coefficient (Wildman–Crippen LogP) is 2.39. The highest BCUT2D eigenvalue weighted by molar-refractivity contribution is 5.62. The van der Waals surface area contributed by atoms with E-state index in [9.17, 15) is 0 Å². The summed E-state index contributed by atoms with van der Waals surface area (Å²) in [7, 11) is 0. The van der Waals surface area contributed by atoms with Crippen LogP contribution in [0.2, 0.25) is 0 Å². The van der Waals surface area contributed by atoms with Crippen molar-refractivity contribution < 1.29 is 0 Å². The maximum Gasteiger partial charge on any atom is 0.154 e. The molecule has 0 saturated carbocycles. The van der Waals surface area contributed by atoms with Gasteiger partial charge in [0.15, 0.2) is 11.6 Å². The summed E-state index contributed by atoms with van der Waals surface area (Å²) in [5.74, 6) is 1.71. The van der Waals surface area contributed by atoms with Gasteiger partial charge in [0.2, 0.25) is 0 Å². The Hall–Kier alpha value is -2.86. The van der Waals surface area contributed by atoms with Crippen molar-refractivity contribution in [2.45, 2.75) is 13.0 Å². The Labute approximate surface area is 147 Å². The van der Waals surface area contributed by atoms with Gasteiger partial charge >= 0.3 is 0 Å². The summed E-state index contributed by atoms with van der Waals surface area (Å²) in [6.07, 6.45) is 3.57. The molecule has 0 spiro atoms. The predicted molar refractivity (Wildman–Crippen MR) is 97.2 cm³/mol. The molecule has 1 aliphatic heterocycles. The number of hydrogen-bond acceptors (Lipinski definition) is 6. The highest BCUT2D eigenvalue weighted by Gasteiger charge is 2.28. The summed E-state index contributed by atoms with van der Waals surface area (Å²) in [5.41, 5.74) is 3.08. The summed E-state index contributed by atoms with van der Waals surface area (Å²) < 4.78 is 0. The minimum atomic E-state index is 0.0607. The monoisotopic (exact) mass is 332 g/mol. The van der Waals surface area contributed by atoms with Gasteiger partial charge in [-0.2, -0.15) is 0 Å². The number of aromatic nitrogens is 4. The Balaban J connectivity index is 1.68. The molecule has 6 heteroatoms. The summed E-state index contributed by atoms with van der Waals surface area (Å²) in [4.78, 5) is 11.1. The molecule has 0 radical (unpaired) electrons. The smallest absolute Gasteiger partial charge is 0.154 e. The van der Waals surface area contributed by atoms with E-state index >= 15 is 0 Å². The van der Waals surface area contributed by atoms with Gasteiger partial charge in [-0.25, -0.2) is 9.97 Å². The first-order valence-corrected chi connectivity index (χ1v) is 8.47. The first kappa shape index (κ1) is 15.7. The van der Waals surface area contributed by atoms with Crippen molar-refractivity contribution in [1.29, 1.82) is 0 Å². The van der Waals surface area contributed by atoms with E-state index in [1.807, 2.05) is 24.3 Å². The van der Waals surface area contributed by atoms with Crippen LogP contribution in [-0.2, 0) is 0 Å². The van der Waals surface area contributed by atoms with Crippen LogP contribution in [0.1, 0.15) is 17.4 Å². The summed E-state index contributed by atoms with van der Waals surface area (Å²) in [6.45, 7) is 4.64. The molecule has 1 unspecified atom stereocenters. The van der Waals surface area contributed by atoms with Crippen LogP contribution in [0, 0.1) is 6.92 Å². The largest absolute Gasteiger partial charge is 0.342 e. The number of hydrogen-bond donors (Lipinski definition) is 1. The van der Waals surface area contributed by atoms with Gasteiger partial charge in [0.25, 0.3) is 0 Å². The lowest BCUT2D eigenvalue weighted by molar-refractivity contribution is 0.467. The first-order chi connectivity index (χ1) is 12.3. The lowest BCUT2D eigenvalue weighted by Gasteiger charge is -2.36. The number of benzene rings is 1. The lowest BCUT2D eigenvalue weighted by atomic mass is 10.1. The van der Waals surface area contributed by atoms with Crippen LogP contribution in [-0.4, -0.2) is 39.8 Å². The molecule has 126 valence electrons. The SMILES string of the molecule is Cc1cc(-c2ccccc2)nnc1N1CCNCC1c1ncccn1. The van der Waals surface area contributed by atoms with Crippen molar-refractivity contribution in [3.8, 4) is 11.3 Å². The molecule has 0 amide bonds. The highest BCUT2D eigenvalue weighted by atomic mass is 15.3. The molecule has 3 aromatic rings. The van der Waals surface area contributed by atoms with Crippen molar-refractivity contribution in [2.24, 2.45) is 0 Å². The molecular formula is C19H20N6.